The van der Waals surface area contributed by atoms with E-state index in [0.717, 1.165) is 11.3 Å². The number of benzene rings is 1. The summed E-state index contributed by atoms with van der Waals surface area (Å²) >= 11 is 10.8. The topological polar surface area (TPSA) is 48.0 Å². The van der Waals surface area contributed by atoms with E-state index in [-0.39, 0.29) is 16.6 Å². The van der Waals surface area contributed by atoms with E-state index >= 15 is 0 Å². The molecule has 2 aromatic rings. The van der Waals surface area contributed by atoms with Crippen molar-refractivity contribution in [1.29, 1.82) is 0 Å². The molecule has 0 radical (unpaired) electrons. The smallest absolute Gasteiger partial charge is 0.261 e. The Morgan fingerprint density at radius 2 is 1.80 bits per heavy atom. The van der Waals surface area contributed by atoms with Gasteiger partial charge in [-0.05, 0) is 43.7 Å². The van der Waals surface area contributed by atoms with Crippen molar-refractivity contribution in [2.45, 2.75) is 19.9 Å². The molecule has 0 atom stereocenters. The second-order valence-corrected chi connectivity index (χ2v) is 5.65. The summed E-state index contributed by atoms with van der Waals surface area (Å²) in [5.74, 6) is 0. The molecular weight excluding hydrogens is 292 g/mol. The SMILES string of the molecule is CC(C)n1c(-c2ccc(Cl)cc2)ccc(C(N)=S)c1=O. The van der Waals surface area contributed by atoms with E-state index in [0.29, 0.717) is 10.6 Å². The molecule has 0 spiro atoms. The van der Waals surface area contributed by atoms with Gasteiger partial charge in [0, 0.05) is 11.1 Å². The number of nitrogens with two attached hydrogens (primary N) is 1. The lowest BCUT2D eigenvalue weighted by Gasteiger charge is -2.18. The van der Waals surface area contributed by atoms with Crippen molar-refractivity contribution in [3.8, 4) is 11.3 Å². The fraction of sp³-hybridized carbons (Fsp3) is 0.200. The second-order valence-electron chi connectivity index (χ2n) is 4.77. The summed E-state index contributed by atoms with van der Waals surface area (Å²) in [6.07, 6.45) is 0. The van der Waals surface area contributed by atoms with Gasteiger partial charge >= 0.3 is 0 Å². The number of rotatable bonds is 3. The van der Waals surface area contributed by atoms with Crippen molar-refractivity contribution >= 4 is 28.8 Å². The Balaban J connectivity index is 2.71. The Labute approximate surface area is 128 Å². The van der Waals surface area contributed by atoms with Crippen molar-refractivity contribution < 1.29 is 0 Å². The van der Waals surface area contributed by atoms with E-state index in [1.165, 1.54) is 0 Å². The molecular formula is C15H15ClN2OS. The minimum atomic E-state index is -0.167. The van der Waals surface area contributed by atoms with Crippen LogP contribution in [0.15, 0.2) is 41.2 Å². The van der Waals surface area contributed by atoms with Crippen molar-refractivity contribution in [2.75, 3.05) is 0 Å². The molecule has 5 heteroatoms. The average molecular weight is 307 g/mol. The average Bonchev–Trinajstić information content (AvgIpc) is 2.38. The summed E-state index contributed by atoms with van der Waals surface area (Å²) in [4.78, 5) is 12.6. The highest BCUT2D eigenvalue weighted by Crippen LogP contribution is 2.23. The Morgan fingerprint density at radius 1 is 1.20 bits per heavy atom. The van der Waals surface area contributed by atoms with Gasteiger partial charge < -0.3 is 10.3 Å². The van der Waals surface area contributed by atoms with Gasteiger partial charge in [-0.2, -0.15) is 0 Å². The largest absolute Gasteiger partial charge is 0.389 e. The van der Waals surface area contributed by atoms with E-state index in [1.54, 1.807) is 22.8 Å². The van der Waals surface area contributed by atoms with E-state index in [1.807, 2.05) is 32.0 Å². The monoisotopic (exact) mass is 306 g/mol. The first-order valence-corrected chi connectivity index (χ1v) is 7.01. The zero-order valence-electron chi connectivity index (χ0n) is 11.3. The van der Waals surface area contributed by atoms with Gasteiger partial charge in [-0.25, -0.2) is 0 Å². The zero-order chi connectivity index (χ0) is 14.9. The molecule has 0 bridgehead atoms. The molecule has 1 heterocycles. The number of pyridine rings is 1. The summed E-state index contributed by atoms with van der Waals surface area (Å²) in [7, 11) is 0. The molecule has 0 amide bonds. The van der Waals surface area contributed by atoms with Crippen LogP contribution in [0.4, 0.5) is 0 Å². The maximum atomic E-state index is 12.5. The van der Waals surface area contributed by atoms with E-state index in [9.17, 15) is 4.79 Å². The third-order valence-corrected chi connectivity index (χ3v) is 3.51. The molecule has 3 nitrogen and oxygen atoms in total. The lowest BCUT2D eigenvalue weighted by atomic mass is 10.1. The Hall–Kier alpha value is -1.65. The fourth-order valence-corrected chi connectivity index (χ4v) is 2.39. The number of aromatic nitrogens is 1. The minimum absolute atomic E-state index is 0.00229. The summed E-state index contributed by atoms with van der Waals surface area (Å²) in [5, 5.41) is 0.659. The maximum Gasteiger partial charge on any atom is 0.261 e. The van der Waals surface area contributed by atoms with Gasteiger partial charge in [0.1, 0.15) is 4.99 Å². The normalized spacial score (nSPS) is 10.8. The molecule has 1 aromatic heterocycles. The van der Waals surface area contributed by atoms with Gasteiger partial charge in [0.2, 0.25) is 0 Å². The summed E-state index contributed by atoms with van der Waals surface area (Å²) in [5.41, 5.74) is 7.54. The molecule has 1 aromatic carbocycles. The van der Waals surface area contributed by atoms with Gasteiger partial charge in [-0.1, -0.05) is 36.0 Å². The molecule has 2 N–H and O–H groups in total. The molecule has 20 heavy (non-hydrogen) atoms. The first-order chi connectivity index (χ1) is 9.41. The lowest BCUT2D eigenvalue weighted by Crippen LogP contribution is -2.30. The van der Waals surface area contributed by atoms with Crippen LogP contribution in [-0.4, -0.2) is 9.56 Å². The number of hydrogen-bond donors (Lipinski definition) is 1. The van der Waals surface area contributed by atoms with Crippen LogP contribution < -0.4 is 11.3 Å². The maximum absolute atomic E-state index is 12.5. The molecule has 0 saturated carbocycles. The first-order valence-electron chi connectivity index (χ1n) is 6.23. The number of thiocarbonyl (C=S) groups is 1. The quantitative estimate of drug-likeness (QED) is 0.884. The Bertz CT molecular complexity index is 705. The highest BCUT2D eigenvalue weighted by atomic mass is 35.5. The summed E-state index contributed by atoms with van der Waals surface area (Å²) in [6.45, 7) is 3.90. The number of halogens is 1. The van der Waals surface area contributed by atoms with Crippen LogP contribution in [0.25, 0.3) is 11.3 Å². The summed E-state index contributed by atoms with van der Waals surface area (Å²) < 4.78 is 1.69. The molecule has 0 fully saturated rings. The standard InChI is InChI=1S/C15H15ClN2OS/c1-9(2)18-13(10-3-5-11(16)6-4-10)8-7-12(14(17)20)15(18)19/h3-9H,1-2H3,(H2,17,20). The van der Waals surface area contributed by atoms with Crippen molar-refractivity contribution in [1.82, 2.24) is 4.57 Å². The van der Waals surface area contributed by atoms with Gasteiger partial charge in [-0.3, -0.25) is 4.79 Å². The lowest BCUT2D eigenvalue weighted by molar-refractivity contribution is 0.584. The zero-order valence-corrected chi connectivity index (χ0v) is 12.8. The van der Waals surface area contributed by atoms with Crippen LogP contribution in [0.5, 0.6) is 0 Å². The molecule has 0 aliphatic heterocycles. The molecule has 0 saturated heterocycles. The van der Waals surface area contributed by atoms with Gasteiger partial charge in [0.05, 0.1) is 11.3 Å². The Morgan fingerprint density at radius 3 is 2.30 bits per heavy atom. The van der Waals surface area contributed by atoms with Gasteiger partial charge in [0.25, 0.3) is 5.56 Å². The molecule has 2 rings (SSSR count). The van der Waals surface area contributed by atoms with Crippen LogP contribution in [-0.2, 0) is 0 Å². The molecule has 104 valence electrons. The third kappa shape index (κ3) is 2.76. The van der Waals surface area contributed by atoms with Crippen molar-refractivity contribution in [3.05, 3.63) is 57.3 Å². The van der Waals surface area contributed by atoms with Crippen molar-refractivity contribution in [2.24, 2.45) is 5.73 Å². The summed E-state index contributed by atoms with van der Waals surface area (Å²) in [6, 6.07) is 10.9. The van der Waals surface area contributed by atoms with E-state index in [2.05, 4.69) is 0 Å². The van der Waals surface area contributed by atoms with Crippen LogP contribution in [0.3, 0.4) is 0 Å². The minimum Gasteiger partial charge on any atom is -0.389 e. The molecule has 0 aliphatic rings. The van der Waals surface area contributed by atoms with Crippen LogP contribution >= 0.6 is 23.8 Å². The predicted molar refractivity (Wildman–Crippen MR) is 87.4 cm³/mol. The van der Waals surface area contributed by atoms with Crippen molar-refractivity contribution in [3.63, 3.8) is 0 Å². The van der Waals surface area contributed by atoms with Gasteiger partial charge in [0.15, 0.2) is 0 Å². The molecule has 0 unspecified atom stereocenters. The number of nitrogens with zero attached hydrogens (tertiary/aromatic N) is 1. The van der Waals surface area contributed by atoms with E-state index in [4.69, 9.17) is 29.6 Å². The highest BCUT2D eigenvalue weighted by Gasteiger charge is 2.14. The first kappa shape index (κ1) is 14.8. The fourth-order valence-electron chi connectivity index (χ4n) is 2.11. The van der Waals surface area contributed by atoms with Crippen LogP contribution in [0.1, 0.15) is 25.5 Å². The van der Waals surface area contributed by atoms with Crippen LogP contribution in [0.2, 0.25) is 5.02 Å². The van der Waals surface area contributed by atoms with E-state index < -0.39 is 0 Å². The number of hydrogen-bond acceptors (Lipinski definition) is 2. The molecule has 0 aliphatic carbocycles. The van der Waals surface area contributed by atoms with Gasteiger partial charge in [-0.15, -0.1) is 0 Å². The Kier molecular flexibility index (Phi) is 4.26. The highest BCUT2D eigenvalue weighted by molar-refractivity contribution is 7.80. The second kappa shape index (κ2) is 5.77. The third-order valence-electron chi connectivity index (χ3n) is 3.04. The van der Waals surface area contributed by atoms with Crippen LogP contribution in [0, 0.1) is 0 Å². The predicted octanol–water partition coefficient (Wildman–Crippen LogP) is 3.38.